The van der Waals surface area contributed by atoms with Crippen LogP contribution in [0.5, 0.6) is 0 Å². The van der Waals surface area contributed by atoms with Crippen molar-refractivity contribution in [1.29, 1.82) is 0 Å². The molecule has 6 aromatic rings. The van der Waals surface area contributed by atoms with Gasteiger partial charge in [0, 0.05) is 27.6 Å². The topological polar surface area (TPSA) is 111 Å². The van der Waals surface area contributed by atoms with Gasteiger partial charge in [0.05, 0.1) is 45.6 Å². The van der Waals surface area contributed by atoms with Gasteiger partial charge in [-0.3, -0.25) is 0 Å². The van der Waals surface area contributed by atoms with Gasteiger partial charge in [-0.25, -0.2) is 19.9 Å². The van der Waals surface area contributed by atoms with Crippen molar-refractivity contribution >= 4 is 92.7 Å². The van der Waals surface area contributed by atoms with Crippen LogP contribution in [0.4, 0.5) is 0 Å². The van der Waals surface area contributed by atoms with Crippen LogP contribution >= 0.6 is 0 Å². The first-order chi connectivity index (χ1) is 27.0. The number of H-pyrrole nitrogens is 2. The van der Waals surface area contributed by atoms with Gasteiger partial charge in [-0.1, -0.05) is 24.3 Å². The summed E-state index contributed by atoms with van der Waals surface area (Å²) in [4.78, 5) is 36.2. The van der Waals surface area contributed by atoms with E-state index in [1.807, 2.05) is 0 Å². The normalized spacial score (nSPS) is 12.5. The molecule has 283 valence electrons. The smallest absolute Gasteiger partial charge is 0.657 e. The maximum absolute atomic E-state index is 4.86. The summed E-state index contributed by atoms with van der Waals surface area (Å²) in [6.07, 6.45) is 16.6. The number of hydrogen-bond acceptors (Lipinski definition) is 4. The van der Waals surface area contributed by atoms with Gasteiger partial charge in [0.25, 0.3) is 0 Å². The van der Waals surface area contributed by atoms with Crippen LogP contribution in [0.3, 0.4) is 0 Å². The van der Waals surface area contributed by atoms with E-state index in [4.69, 9.17) is 29.9 Å². The second-order valence-corrected chi connectivity index (χ2v) is 14.9. The minimum absolute atomic E-state index is 0. The number of nitrogens with zero attached hydrogens (tertiary/aromatic N) is 6. The van der Waals surface area contributed by atoms with Crippen molar-refractivity contribution in [2.24, 2.45) is 0 Å². The van der Waals surface area contributed by atoms with E-state index in [2.05, 4.69) is 162 Å². The fourth-order valence-electron chi connectivity index (χ4n) is 7.42. The minimum Gasteiger partial charge on any atom is -0.657 e. The molecule has 1 radical (unpaired) electrons. The molecular formula is C48H42CoN8. The molecule has 4 aliphatic rings. The zero-order valence-electron chi connectivity index (χ0n) is 33.3. The van der Waals surface area contributed by atoms with Gasteiger partial charge in [-0.05, 0) is 167 Å². The first-order valence-electron chi connectivity index (χ1n) is 19.0. The number of nitrogens with one attached hydrogen (secondary N) is 2. The van der Waals surface area contributed by atoms with Crippen molar-refractivity contribution < 1.29 is 16.8 Å². The van der Waals surface area contributed by atoms with Crippen LogP contribution in [0.25, 0.3) is 92.7 Å². The molecule has 0 saturated carbocycles. The number of rotatable bonds is 0. The molecule has 16 bridgehead atoms. The van der Waals surface area contributed by atoms with Crippen LogP contribution in [0.15, 0.2) is 48.5 Å². The molecule has 0 unspecified atom stereocenters. The third kappa shape index (κ3) is 6.72. The Kier molecular flexibility index (Phi) is 9.67. The Morgan fingerprint density at radius 2 is 0.526 bits per heavy atom. The van der Waals surface area contributed by atoms with Gasteiger partial charge in [-0.2, -0.15) is 0 Å². The molecule has 0 saturated heterocycles. The maximum Gasteiger partial charge on any atom is 2.00 e. The zero-order valence-corrected chi connectivity index (χ0v) is 34.3. The van der Waals surface area contributed by atoms with Crippen molar-refractivity contribution in [3.05, 3.63) is 139 Å². The third-order valence-electron chi connectivity index (χ3n) is 11.4. The molecule has 0 aliphatic carbocycles. The van der Waals surface area contributed by atoms with Crippen molar-refractivity contribution in [1.82, 2.24) is 39.9 Å². The summed E-state index contributed by atoms with van der Waals surface area (Å²) in [6, 6.07) is 16.8. The average Bonchev–Trinajstić information content (AvgIpc) is 4.06. The van der Waals surface area contributed by atoms with Gasteiger partial charge >= 0.3 is 16.8 Å². The van der Waals surface area contributed by atoms with Crippen LogP contribution in [-0.4, -0.2) is 29.9 Å². The first kappa shape index (κ1) is 37.6. The van der Waals surface area contributed by atoms with Gasteiger partial charge in [-0.15, -0.1) is 22.1 Å². The third-order valence-corrected chi connectivity index (χ3v) is 11.4. The molecule has 4 aliphatic heterocycles. The van der Waals surface area contributed by atoms with Gasteiger partial charge in [0.1, 0.15) is 0 Å². The molecule has 0 aromatic carbocycles. The molecule has 8 nitrogen and oxygen atoms in total. The number of aromatic nitrogens is 8. The molecule has 10 heterocycles. The van der Waals surface area contributed by atoms with Crippen molar-refractivity contribution in [3.63, 3.8) is 0 Å². The number of hydrogen-bond donors (Lipinski definition) is 2. The second-order valence-electron chi connectivity index (χ2n) is 14.9. The molecule has 9 heteroatoms. The van der Waals surface area contributed by atoms with Crippen LogP contribution in [0.2, 0.25) is 0 Å². The summed E-state index contributed by atoms with van der Waals surface area (Å²) in [5.74, 6) is 0. The molecule has 2 N–H and O–H groups in total. The molecular weight excluding hydrogens is 748 g/mol. The summed E-state index contributed by atoms with van der Waals surface area (Å²) >= 11 is 0. The molecule has 0 fully saturated rings. The number of fused-ring (bicyclic) bond motifs is 16. The quantitative estimate of drug-likeness (QED) is 0.158. The second kappa shape index (κ2) is 14.7. The van der Waals surface area contributed by atoms with Gasteiger partial charge in [0.2, 0.25) is 0 Å². The van der Waals surface area contributed by atoms with Crippen LogP contribution in [0.1, 0.15) is 90.1 Å². The molecule has 0 atom stereocenters. The van der Waals surface area contributed by atoms with E-state index >= 15 is 0 Å². The Hall–Kier alpha value is -6.29. The van der Waals surface area contributed by atoms with Crippen molar-refractivity contribution in [2.45, 2.75) is 55.4 Å². The van der Waals surface area contributed by atoms with Crippen LogP contribution in [-0.2, 0) is 16.8 Å². The Labute approximate surface area is 341 Å². The van der Waals surface area contributed by atoms with E-state index in [-0.39, 0.29) is 16.8 Å². The molecule has 0 amide bonds. The standard InChI is InChI=1S/C24H22N4.C24H20N4.Co/c2*1-13-17-5-7-19(25-17)14(2)21-9-11-23(27-21)16(4)24-12-10-22(28-24)15(3)20-8-6-18(13)26-20;/h5-12,25-26H,1-4H3;5-12H,1-4H3;/q;-2;+2. The predicted octanol–water partition coefficient (Wildman–Crippen LogP) is 11.0. The van der Waals surface area contributed by atoms with E-state index in [9.17, 15) is 0 Å². The fraction of sp³-hybridized carbons (Fsp3) is 0.167. The summed E-state index contributed by atoms with van der Waals surface area (Å²) in [6.45, 7) is 16.7. The zero-order chi connectivity index (χ0) is 38.8. The molecule has 6 aromatic heterocycles. The largest absolute Gasteiger partial charge is 2.00 e. The van der Waals surface area contributed by atoms with E-state index in [0.29, 0.717) is 0 Å². The first-order valence-corrected chi connectivity index (χ1v) is 19.0. The minimum atomic E-state index is 0. The monoisotopic (exact) mass is 789 g/mol. The summed E-state index contributed by atoms with van der Waals surface area (Å²) in [5.41, 5.74) is 24.8. The van der Waals surface area contributed by atoms with E-state index < -0.39 is 0 Å². The Bertz CT molecular complexity index is 2820. The number of aryl methyl sites for hydroxylation is 7. The van der Waals surface area contributed by atoms with E-state index in [1.54, 1.807) is 0 Å². The Morgan fingerprint density at radius 1 is 0.298 bits per heavy atom. The van der Waals surface area contributed by atoms with Gasteiger partial charge < -0.3 is 19.9 Å². The maximum atomic E-state index is 4.86. The molecule has 0 spiro atoms. The van der Waals surface area contributed by atoms with Gasteiger partial charge in [0.15, 0.2) is 0 Å². The molecule has 10 rings (SSSR count). The summed E-state index contributed by atoms with van der Waals surface area (Å²) in [7, 11) is 0. The SMILES string of the molecule is Cc1c2nc(c(C)c3ccc([n-]3)c(C)c3nc(c(C)c4ccc1[n-]4)C=C3)C=C2.Cc1c2nc(c(C)c3ccc([nH]3)c(C)c3ccc([nH]3)c(C)c3nc1C=C3)C=C2.[Co+2]. The number of aromatic amines is 2. The van der Waals surface area contributed by atoms with Crippen molar-refractivity contribution in [3.8, 4) is 0 Å². The van der Waals surface area contributed by atoms with Crippen molar-refractivity contribution in [2.75, 3.05) is 0 Å². The Morgan fingerprint density at radius 3 is 0.807 bits per heavy atom. The summed E-state index contributed by atoms with van der Waals surface area (Å²) < 4.78 is 0. The van der Waals surface area contributed by atoms with E-state index in [1.165, 1.54) is 5.56 Å². The predicted molar refractivity (Wildman–Crippen MR) is 234 cm³/mol. The van der Waals surface area contributed by atoms with Crippen LogP contribution < -0.4 is 9.97 Å². The van der Waals surface area contributed by atoms with Crippen LogP contribution in [0, 0.1) is 55.4 Å². The molecule has 57 heavy (non-hydrogen) atoms. The Balaban J connectivity index is 0.000000157. The average molecular weight is 790 g/mol. The summed E-state index contributed by atoms with van der Waals surface area (Å²) in [5, 5.41) is 0. The fourth-order valence-corrected chi connectivity index (χ4v) is 7.42. The van der Waals surface area contributed by atoms with E-state index in [0.717, 1.165) is 129 Å².